The summed E-state index contributed by atoms with van der Waals surface area (Å²) in [4.78, 5) is 23.0. The number of carbonyl (C=O) groups excluding carboxylic acids is 2. The quantitative estimate of drug-likeness (QED) is 0.112. The zero-order chi connectivity index (χ0) is 25.9. The van der Waals surface area contributed by atoms with E-state index < -0.39 is 0 Å². The fraction of sp³-hybridized carbons (Fsp3) is 0.348. The van der Waals surface area contributed by atoms with E-state index in [-0.39, 0.29) is 103 Å². The average Bonchev–Trinajstić information content (AvgIpc) is 2.80. The fourth-order valence-corrected chi connectivity index (χ4v) is 5.68. The number of hydrogen-bond acceptors (Lipinski definition) is 8. The van der Waals surface area contributed by atoms with E-state index in [2.05, 4.69) is 47.8 Å². The number of halogens is 5. The smallest absolute Gasteiger partial charge is 1.00 e. The molecule has 8 rings (SSSR count). The minimum atomic E-state index is -0.262. The van der Waals surface area contributed by atoms with Gasteiger partial charge in [0.2, 0.25) is 0 Å². The molecule has 0 radical (unpaired) electrons. The Morgan fingerprint density at radius 2 is 1.32 bits per heavy atom. The Hall–Kier alpha value is 0.0400. The van der Waals surface area contributed by atoms with Crippen molar-refractivity contribution in [3.8, 4) is 0 Å². The van der Waals surface area contributed by atoms with Gasteiger partial charge in [0, 0.05) is 23.0 Å². The predicted molar refractivity (Wildman–Crippen MR) is 133 cm³/mol. The van der Waals surface area contributed by atoms with Crippen molar-refractivity contribution in [1.29, 1.82) is 0 Å². The van der Waals surface area contributed by atoms with Crippen LogP contribution in [0.15, 0.2) is 38.4 Å². The molecule has 4 bridgehead atoms. The third kappa shape index (κ3) is 7.86. The molecule has 38 heavy (non-hydrogen) atoms. The number of nitrogens with zero attached hydrogens (tertiary/aromatic N) is 1. The molecule has 0 saturated heterocycles. The molecule has 0 heterocycles. The van der Waals surface area contributed by atoms with E-state index in [1.54, 1.807) is 18.2 Å². The number of Topliss-reactive ketones (excluding diaryl/α,β-unsaturated/α-hetero) is 1. The van der Waals surface area contributed by atoms with Crippen LogP contribution in [0.3, 0.4) is 0 Å². The number of carbonyl (C=O) groups is 2. The molecule has 4 N–H and O–H groups in total. The summed E-state index contributed by atoms with van der Waals surface area (Å²) in [6.07, 6.45) is 3.83. The zero-order valence-electron chi connectivity index (χ0n) is 21.5. The standard InChI is InChI=1S/C11H9BrFNO.C11H8BrFO.CH2O3.ClH.H3NO.2Na.H/c12-9-3-8-7(4-10(9)13)5-1-6(2-5)11(8)14-15;12-9-3-8-7(4-10(9)13)5-1-6(2-5)11(8)14;2-1-4-3;;1-2;;;/h3-6,15H,1-2H2;3-6H,1-2H2;1,3H;1H;2H,1H2;;;/q;;;;;2*+1;-1/p-1/b14-11+;;;;;;;. The maximum atomic E-state index is 13.4. The minimum Gasteiger partial charge on any atom is -1.00 e. The van der Waals surface area contributed by atoms with Gasteiger partial charge in [-0.3, -0.25) is 9.59 Å². The van der Waals surface area contributed by atoms with Crippen molar-refractivity contribution in [2.75, 3.05) is 0 Å². The van der Waals surface area contributed by atoms with Crippen LogP contribution >= 0.6 is 44.3 Å². The molecule has 6 aliphatic carbocycles. The topological polar surface area (TPSA) is 145 Å². The van der Waals surface area contributed by atoms with Crippen LogP contribution in [0.5, 0.6) is 0 Å². The van der Waals surface area contributed by atoms with E-state index in [1.165, 1.54) is 6.07 Å². The summed E-state index contributed by atoms with van der Waals surface area (Å²) in [6, 6.07) is 6.42. The first-order valence-corrected chi connectivity index (χ1v) is 12.1. The minimum absolute atomic E-state index is 0. The zero-order valence-corrected chi connectivity index (χ0v) is 28.5. The SMILES string of the molecule is Cl.NO.O/N=C1/c2cc(Br)c(F)cc2C2CC1C2.O=C1c2cc(Br)c(F)cc2C2CC1C2.O=CO[O-].[H-].[Na+].[Na+]. The largest absolute Gasteiger partial charge is 1.00 e. The second kappa shape index (κ2) is 17.1. The molecule has 2 saturated carbocycles. The molecule has 2 aromatic carbocycles. The van der Waals surface area contributed by atoms with E-state index >= 15 is 0 Å². The van der Waals surface area contributed by atoms with Crippen LogP contribution in [0.25, 0.3) is 0 Å². The Kier molecular flexibility index (Phi) is 17.1. The Morgan fingerprint density at radius 1 is 0.921 bits per heavy atom. The first-order valence-electron chi connectivity index (χ1n) is 10.5. The van der Waals surface area contributed by atoms with Gasteiger partial charge in [-0.05, 0) is 105 Å². The summed E-state index contributed by atoms with van der Waals surface area (Å²) >= 11 is 6.26. The van der Waals surface area contributed by atoms with E-state index in [0.29, 0.717) is 32.4 Å². The van der Waals surface area contributed by atoms with Gasteiger partial charge in [0.25, 0.3) is 6.47 Å². The molecule has 6 aliphatic rings. The molecule has 15 heteroatoms. The summed E-state index contributed by atoms with van der Waals surface area (Å²) in [7, 11) is 0. The van der Waals surface area contributed by atoms with Crippen molar-refractivity contribution < 1.29 is 99.5 Å². The first kappa shape index (κ1) is 38.0. The Morgan fingerprint density at radius 3 is 1.74 bits per heavy atom. The van der Waals surface area contributed by atoms with Crippen LogP contribution in [-0.2, 0) is 9.68 Å². The molecule has 2 fully saturated rings. The Balaban J connectivity index is 0. The van der Waals surface area contributed by atoms with E-state index in [1.807, 2.05) is 0 Å². The molecule has 0 amide bonds. The van der Waals surface area contributed by atoms with Crippen molar-refractivity contribution >= 4 is 62.2 Å². The average molecular weight is 703 g/mol. The molecular formula is C23H23Br2ClF2N2Na2O6. The molecule has 2 aromatic rings. The second-order valence-corrected chi connectivity index (χ2v) is 10.2. The summed E-state index contributed by atoms with van der Waals surface area (Å²) < 4.78 is 27.5. The van der Waals surface area contributed by atoms with Crippen LogP contribution < -0.4 is 70.3 Å². The van der Waals surface area contributed by atoms with Gasteiger partial charge in [0.1, 0.15) is 11.6 Å². The summed E-state index contributed by atoms with van der Waals surface area (Å²) in [6.45, 7) is -0.181. The molecule has 0 aliphatic heterocycles. The molecular weight excluding hydrogens is 679 g/mol. The van der Waals surface area contributed by atoms with Gasteiger partial charge in [0.15, 0.2) is 5.78 Å². The molecule has 8 nitrogen and oxygen atoms in total. The Bertz CT molecular complexity index is 1180. The van der Waals surface area contributed by atoms with E-state index in [4.69, 9.17) is 20.5 Å². The molecule has 0 aromatic heterocycles. The normalized spacial score (nSPS) is 22.9. The van der Waals surface area contributed by atoms with Crippen molar-refractivity contribution in [2.45, 2.75) is 37.5 Å². The number of ketones is 1. The van der Waals surface area contributed by atoms with Crippen molar-refractivity contribution in [1.82, 2.24) is 0 Å². The maximum Gasteiger partial charge on any atom is 1.00 e. The van der Waals surface area contributed by atoms with Gasteiger partial charge in [-0.2, -0.15) is 0 Å². The molecule has 0 atom stereocenters. The monoisotopic (exact) mass is 700 g/mol. The van der Waals surface area contributed by atoms with Crippen molar-refractivity contribution in [2.24, 2.45) is 22.9 Å². The van der Waals surface area contributed by atoms with Gasteiger partial charge in [-0.1, -0.05) is 5.16 Å². The van der Waals surface area contributed by atoms with Crippen LogP contribution in [-0.4, -0.2) is 28.4 Å². The van der Waals surface area contributed by atoms with Gasteiger partial charge in [-0.25, -0.2) is 14.7 Å². The van der Waals surface area contributed by atoms with Crippen LogP contribution in [0, 0.1) is 23.5 Å². The van der Waals surface area contributed by atoms with Gasteiger partial charge < -0.3 is 22.0 Å². The maximum absolute atomic E-state index is 13.4. The summed E-state index contributed by atoms with van der Waals surface area (Å²) in [5.41, 5.74) is 4.25. The number of oxime groups is 1. The van der Waals surface area contributed by atoms with Crippen molar-refractivity contribution in [3.05, 3.63) is 67.1 Å². The molecule has 0 unspecified atom stereocenters. The van der Waals surface area contributed by atoms with E-state index in [0.717, 1.165) is 47.9 Å². The first-order chi connectivity index (χ1) is 16.8. The van der Waals surface area contributed by atoms with Crippen LogP contribution in [0.1, 0.15) is 66.0 Å². The fourth-order valence-electron chi connectivity index (χ4n) is 4.99. The Labute approximate surface area is 286 Å². The van der Waals surface area contributed by atoms with Crippen LogP contribution in [0.2, 0.25) is 0 Å². The third-order valence-electron chi connectivity index (χ3n) is 6.79. The van der Waals surface area contributed by atoms with Gasteiger partial charge in [0.05, 0.1) is 14.7 Å². The van der Waals surface area contributed by atoms with Crippen LogP contribution in [0.4, 0.5) is 8.78 Å². The summed E-state index contributed by atoms with van der Waals surface area (Å²) in [5.74, 6) is 4.66. The number of nitrogens with two attached hydrogens (primary N) is 1. The number of benzene rings is 2. The van der Waals surface area contributed by atoms with E-state index in [9.17, 15) is 13.6 Å². The number of rotatable bonds is 1. The third-order valence-corrected chi connectivity index (χ3v) is 8.00. The van der Waals surface area contributed by atoms with Crippen molar-refractivity contribution in [3.63, 3.8) is 0 Å². The summed E-state index contributed by atoms with van der Waals surface area (Å²) in [5, 5.41) is 27.3. The second-order valence-electron chi connectivity index (χ2n) is 8.48. The molecule has 198 valence electrons. The van der Waals surface area contributed by atoms with Gasteiger partial charge >= 0.3 is 59.1 Å². The molecule has 0 spiro atoms. The van der Waals surface area contributed by atoms with Gasteiger partial charge in [-0.15, -0.1) is 12.4 Å². The number of hydrogen-bond donors (Lipinski definition) is 3. The predicted octanol–water partition coefficient (Wildman–Crippen LogP) is -1.14.